The van der Waals surface area contributed by atoms with Crippen molar-refractivity contribution in [1.82, 2.24) is 15.3 Å². The number of nitrogens with one attached hydrogen (secondary N) is 2. The number of carboxylic acids is 1. The quantitative estimate of drug-likeness (QED) is 0.530. The average Bonchev–Trinajstić information content (AvgIpc) is 2.49. The summed E-state index contributed by atoms with van der Waals surface area (Å²) in [6.45, 7) is -0.572. The summed E-state index contributed by atoms with van der Waals surface area (Å²) in [5.41, 5.74) is 5.73. The topological polar surface area (TPSA) is 150 Å². The number of carbonyl (C=O) groups is 2. The van der Waals surface area contributed by atoms with Crippen molar-refractivity contribution in [2.45, 2.75) is 0 Å². The maximum absolute atomic E-state index is 11.8. The predicted molar refractivity (Wildman–Crippen MR) is 77.8 cm³/mol. The van der Waals surface area contributed by atoms with Crippen LogP contribution < -0.4 is 16.4 Å². The third kappa shape index (κ3) is 3.82. The lowest BCUT2D eigenvalue weighted by Gasteiger charge is -2.08. The number of aromatic hydroxyl groups is 1. The van der Waals surface area contributed by atoms with Crippen LogP contribution in [0.4, 0.5) is 17.3 Å². The zero-order chi connectivity index (χ0) is 16.1. The van der Waals surface area contributed by atoms with Crippen LogP contribution in [0.2, 0.25) is 0 Å². The Kier molecular flexibility index (Phi) is 4.37. The molecule has 9 nitrogen and oxygen atoms in total. The van der Waals surface area contributed by atoms with E-state index in [9.17, 15) is 14.7 Å². The Morgan fingerprint density at radius 1 is 1.18 bits per heavy atom. The molecule has 0 spiro atoms. The molecule has 0 saturated carbocycles. The van der Waals surface area contributed by atoms with Crippen molar-refractivity contribution in [3.63, 3.8) is 0 Å². The summed E-state index contributed by atoms with van der Waals surface area (Å²) in [6, 6.07) is 5.97. The van der Waals surface area contributed by atoms with E-state index in [4.69, 9.17) is 10.8 Å². The van der Waals surface area contributed by atoms with Gasteiger partial charge in [0.1, 0.15) is 23.9 Å². The fraction of sp³-hybridized carbons (Fsp3) is 0.0769. The number of amides is 1. The van der Waals surface area contributed by atoms with Gasteiger partial charge < -0.3 is 26.6 Å². The minimum atomic E-state index is -1.20. The van der Waals surface area contributed by atoms with E-state index >= 15 is 0 Å². The van der Waals surface area contributed by atoms with Crippen LogP contribution >= 0.6 is 0 Å². The molecule has 2 aromatic heterocycles. The Labute approximate surface area is 124 Å². The first-order valence-corrected chi connectivity index (χ1v) is 6.14. The predicted octanol–water partition coefficient (Wildman–Crippen LogP) is 0.322. The fourth-order valence-electron chi connectivity index (χ4n) is 1.54. The van der Waals surface area contributed by atoms with Crippen LogP contribution in [0, 0.1) is 0 Å². The van der Waals surface area contributed by atoms with Crippen LogP contribution in [-0.4, -0.2) is 38.6 Å². The molecule has 0 aliphatic carbocycles. The van der Waals surface area contributed by atoms with Crippen molar-refractivity contribution in [2.24, 2.45) is 0 Å². The molecule has 0 aromatic carbocycles. The molecule has 0 aliphatic heterocycles. The van der Waals surface area contributed by atoms with Gasteiger partial charge in [-0.05, 0) is 24.3 Å². The minimum Gasteiger partial charge on any atom is -0.505 e. The lowest BCUT2D eigenvalue weighted by molar-refractivity contribution is -0.135. The molecule has 0 fully saturated rings. The maximum Gasteiger partial charge on any atom is 0.322 e. The molecule has 0 aliphatic rings. The number of hydrogen-bond donors (Lipinski definition) is 5. The number of nitrogens with zero attached hydrogens (tertiary/aromatic N) is 2. The van der Waals surface area contributed by atoms with E-state index in [1.807, 2.05) is 0 Å². The standard InChI is InChI=1S/C13H13N5O4/c14-7-1-3-9(15-5-7)17-10-4-2-8(19)12(18-10)13(22)16-6-11(20)21/h1-5,19H,6,14H2,(H,16,22)(H,20,21)(H,15,17,18). The van der Waals surface area contributed by atoms with Crippen LogP contribution in [0.3, 0.4) is 0 Å². The Hall–Kier alpha value is -3.36. The summed E-state index contributed by atoms with van der Waals surface area (Å²) in [4.78, 5) is 30.1. The van der Waals surface area contributed by atoms with Gasteiger partial charge in [-0.1, -0.05) is 0 Å². The van der Waals surface area contributed by atoms with Crippen molar-refractivity contribution in [2.75, 3.05) is 17.6 Å². The van der Waals surface area contributed by atoms with Gasteiger partial charge in [0.2, 0.25) is 0 Å². The zero-order valence-electron chi connectivity index (χ0n) is 11.3. The van der Waals surface area contributed by atoms with E-state index in [-0.39, 0.29) is 17.3 Å². The molecule has 0 atom stereocenters. The van der Waals surface area contributed by atoms with Gasteiger partial charge in [-0.3, -0.25) is 9.59 Å². The molecule has 2 aromatic rings. The highest BCUT2D eigenvalue weighted by Crippen LogP contribution is 2.20. The van der Waals surface area contributed by atoms with Crippen molar-refractivity contribution >= 4 is 29.2 Å². The van der Waals surface area contributed by atoms with Crippen molar-refractivity contribution in [1.29, 1.82) is 0 Å². The minimum absolute atomic E-state index is 0.260. The number of aromatic nitrogens is 2. The molecule has 0 radical (unpaired) electrons. The van der Waals surface area contributed by atoms with Crippen LogP contribution in [-0.2, 0) is 4.79 Å². The lowest BCUT2D eigenvalue weighted by atomic mass is 10.3. The number of carbonyl (C=O) groups excluding carboxylic acids is 1. The number of carboxylic acid groups (broad SMARTS) is 1. The molecule has 114 valence electrons. The molecule has 6 N–H and O–H groups in total. The largest absolute Gasteiger partial charge is 0.505 e. The maximum atomic E-state index is 11.8. The van der Waals surface area contributed by atoms with E-state index in [2.05, 4.69) is 20.6 Å². The molecule has 2 rings (SSSR count). The van der Waals surface area contributed by atoms with Crippen molar-refractivity contribution in [3.05, 3.63) is 36.2 Å². The van der Waals surface area contributed by atoms with E-state index < -0.39 is 18.4 Å². The SMILES string of the molecule is Nc1ccc(Nc2ccc(O)c(C(=O)NCC(=O)O)n2)nc1. The molecule has 0 unspecified atom stereocenters. The fourth-order valence-corrected chi connectivity index (χ4v) is 1.54. The summed E-state index contributed by atoms with van der Waals surface area (Å²) >= 11 is 0. The van der Waals surface area contributed by atoms with Crippen molar-refractivity contribution < 1.29 is 19.8 Å². The molecule has 1 amide bonds. The first-order valence-electron chi connectivity index (χ1n) is 6.14. The van der Waals surface area contributed by atoms with E-state index in [0.29, 0.717) is 11.5 Å². The summed E-state index contributed by atoms with van der Waals surface area (Å²) < 4.78 is 0. The molecular weight excluding hydrogens is 290 g/mol. The highest BCUT2D eigenvalue weighted by Gasteiger charge is 2.15. The highest BCUT2D eigenvalue weighted by atomic mass is 16.4. The summed E-state index contributed by atoms with van der Waals surface area (Å²) in [7, 11) is 0. The Balaban J connectivity index is 2.17. The summed E-state index contributed by atoms with van der Waals surface area (Å²) in [5, 5.41) is 23.1. The average molecular weight is 303 g/mol. The van der Waals surface area contributed by atoms with Gasteiger partial charge >= 0.3 is 5.97 Å². The molecule has 2 heterocycles. The second-order valence-corrected chi connectivity index (χ2v) is 4.24. The van der Waals surface area contributed by atoms with Gasteiger partial charge in [0.15, 0.2) is 5.69 Å². The number of anilines is 3. The first-order chi connectivity index (χ1) is 10.5. The van der Waals surface area contributed by atoms with Gasteiger partial charge in [0.05, 0.1) is 11.9 Å². The Bertz CT molecular complexity index is 702. The molecular formula is C13H13N5O4. The number of aliphatic carboxylic acids is 1. The summed E-state index contributed by atoms with van der Waals surface area (Å²) in [6.07, 6.45) is 1.45. The summed E-state index contributed by atoms with van der Waals surface area (Å²) in [5.74, 6) is -1.65. The van der Waals surface area contributed by atoms with Gasteiger partial charge in [0, 0.05) is 0 Å². The second kappa shape index (κ2) is 6.39. The smallest absolute Gasteiger partial charge is 0.322 e. The number of hydrogen-bond acceptors (Lipinski definition) is 7. The molecule has 9 heteroatoms. The van der Waals surface area contributed by atoms with Gasteiger partial charge in [-0.15, -0.1) is 0 Å². The van der Waals surface area contributed by atoms with Gasteiger partial charge in [-0.25, -0.2) is 9.97 Å². The van der Waals surface area contributed by atoms with Crippen molar-refractivity contribution in [3.8, 4) is 5.75 Å². The number of nitrogen functional groups attached to an aromatic ring is 1. The van der Waals surface area contributed by atoms with E-state index in [1.54, 1.807) is 12.1 Å². The van der Waals surface area contributed by atoms with Crippen LogP contribution in [0.25, 0.3) is 0 Å². The third-order valence-corrected chi connectivity index (χ3v) is 2.53. The highest BCUT2D eigenvalue weighted by molar-refractivity contribution is 5.96. The second-order valence-electron chi connectivity index (χ2n) is 4.24. The first kappa shape index (κ1) is 15.0. The number of nitrogens with two attached hydrogens (primary N) is 1. The molecule has 0 bridgehead atoms. The number of rotatable bonds is 5. The van der Waals surface area contributed by atoms with Crippen LogP contribution in [0.1, 0.15) is 10.5 Å². The normalized spacial score (nSPS) is 10.0. The van der Waals surface area contributed by atoms with Crippen LogP contribution in [0.15, 0.2) is 30.5 Å². The van der Waals surface area contributed by atoms with E-state index in [0.717, 1.165) is 0 Å². The lowest BCUT2D eigenvalue weighted by Crippen LogP contribution is -2.30. The Morgan fingerprint density at radius 2 is 1.91 bits per heavy atom. The van der Waals surface area contributed by atoms with Gasteiger partial charge in [-0.2, -0.15) is 0 Å². The number of pyridine rings is 2. The Morgan fingerprint density at radius 3 is 2.55 bits per heavy atom. The monoisotopic (exact) mass is 303 g/mol. The third-order valence-electron chi connectivity index (χ3n) is 2.53. The molecule has 0 saturated heterocycles. The van der Waals surface area contributed by atoms with Gasteiger partial charge in [0.25, 0.3) is 5.91 Å². The van der Waals surface area contributed by atoms with E-state index in [1.165, 1.54) is 18.3 Å². The molecule has 22 heavy (non-hydrogen) atoms. The zero-order valence-corrected chi connectivity index (χ0v) is 11.3. The van der Waals surface area contributed by atoms with Crippen LogP contribution in [0.5, 0.6) is 5.75 Å².